The smallest absolute Gasteiger partial charge is 0.416 e. The van der Waals surface area contributed by atoms with E-state index in [2.05, 4.69) is 5.32 Å². The van der Waals surface area contributed by atoms with Crippen molar-refractivity contribution >= 4 is 5.69 Å². The number of fused-ring (bicyclic) bond motifs is 1. The number of halogens is 3. The zero-order chi connectivity index (χ0) is 14.9. The van der Waals surface area contributed by atoms with Crippen LogP contribution in [0.15, 0.2) is 48.5 Å². The van der Waals surface area contributed by atoms with Crippen molar-refractivity contribution in [3.63, 3.8) is 0 Å². The van der Waals surface area contributed by atoms with Crippen molar-refractivity contribution in [3.05, 3.63) is 59.7 Å². The normalized spacial score (nSPS) is 17.2. The van der Waals surface area contributed by atoms with Gasteiger partial charge in [0, 0.05) is 23.7 Å². The van der Waals surface area contributed by atoms with Crippen molar-refractivity contribution in [1.82, 2.24) is 0 Å². The van der Waals surface area contributed by atoms with Crippen molar-refractivity contribution in [2.24, 2.45) is 0 Å². The minimum atomic E-state index is -4.29. The van der Waals surface area contributed by atoms with Gasteiger partial charge in [0.1, 0.15) is 5.75 Å². The van der Waals surface area contributed by atoms with Crippen LogP contribution in [0.3, 0.4) is 0 Å². The van der Waals surface area contributed by atoms with Crippen LogP contribution >= 0.6 is 0 Å². The molecular formula is C16H14F3NO. The predicted molar refractivity (Wildman–Crippen MR) is 74.6 cm³/mol. The highest BCUT2D eigenvalue weighted by Crippen LogP contribution is 2.34. The van der Waals surface area contributed by atoms with Gasteiger partial charge in [-0.05, 0) is 30.3 Å². The number of ether oxygens (including phenoxy) is 1. The van der Waals surface area contributed by atoms with E-state index in [1.165, 1.54) is 12.1 Å². The average Bonchev–Trinajstić information content (AvgIpc) is 2.88. The van der Waals surface area contributed by atoms with Gasteiger partial charge in [0.25, 0.3) is 0 Å². The fourth-order valence-corrected chi connectivity index (χ4v) is 2.42. The van der Waals surface area contributed by atoms with E-state index in [-0.39, 0.29) is 5.92 Å². The second kappa shape index (κ2) is 5.31. The number of rotatable bonds is 3. The number of alkyl halides is 3. The Labute approximate surface area is 120 Å². The fraction of sp³-hybridized carbons (Fsp3) is 0.250. The molecule has 0 saturated heterocycles. The highest BCUT2D eigenvalue weighted by atomic mass is 19.4. The number of benzene rings is 2. The Morgan fingerprint density at radius 1 is 1.05 bits per heavy atom. The number of nitrogens with one attached hydrogen (secondary N) is 1. The monoisotopic (exact) mass is 293 g/mol. The number of hydrogen-bond acceptors (Lipinski definition) is 2. The Bertz CT molecular complexity index is 622. The topological polar surface area (TPSA) is 21.3 Å². The Hall–Kier alpha value is -2.17. The van der Waals surface area contributed by atoms with Crippen LogP contribution in [0, 0.1) is 0 Å². The molecule has 2 nitrogen and oxygen atoms in total. The largest absolute Gasteiger partial charge is 0.493 e. The third-order valence-electron chi connectivity index (χ3n) is 3.56. The summed E-state index contributed by atoms with van der Waals surface area (Å²) >= 11 is 0. The van der Waals surface area contributed by atoms with Crippen LogP contribution in [0.2, 0.25) is 0 Å². The van der Waals surface area contributed by atoms with Gasteiger partial charge in [-0.3, -0.25) is 0 Å². The van der Waals surface area contributed by atoms with Gasteiger partial charge in [-0.2, -0.15) is 13.2 Å². The first-order chi connectivity index (χ1) is 10.0. The van der Waals surface area contributed by atoms with E-state index in [0.29, 0.717) is 18.8 Å². The summed E-state index contributed by atoms with van der Waals surface area (Å²) in [5.41, 5.74) is 1.17. The van der Waals surface area contributed by atoms with Crippen molar-refractivity contribution < 1.29 is 17.9 Å². The summed E-state index contributed by atoms with van der Waals surface area (Å²) in [4.78, 5) is 0. The second-order valence-electron chi connectivity index (χ2n) is 5.00. The molecule has 1 heterocycles. The summed E-state index contributed by atoms with van der Waals surface area (Å²) in [5, 5.41) is 3.16. The van der Waals surface area contributed by atoms with Crippen molar-refractivity contribution in [1.29, 1.82) is 0 Å². The van der Waals surface area contributed by atoms with Gasteiger partial charge in [-0.15, -0.1) is 0 Å². The molecule has 0 amide bonds. The van der Waals surface area contributed by atoms with E-state index < -0.39 is 11.7 Å². The van der Waals surface area contributed by atoms with Crippen LogP contribution in [0.4, 0.5) is 18.9 Å². The van der Waals surface area contributed by atoms with Crippen LogP contribution in [-0.2, 0) is 6.18 Å². The van der Waals surface area contributed by atoms with Gasteiger partial charge in [0.2, 0.25) is 0 Å². The lowest BCUT2D eigenvalue weighted by molar-refractivity contribution is -0.137. The summed E-state index contributed by atoms with van der Waals surface area (Å²) in [6.07, 6.45) is -4.29. The molecular weight excluding hydrogens is 279 g/mol. The summed E-state index contributed by atoms with van der Waals surface area (Å²) in [6.45, 7) is 1.22. The first kappa shape index (κ1) is 13.8. The molecule has 21 heavy (non-hydrogen) atoms. The summed E-state index contributed by atoms with van der Waals surface area (Å²) in [7, 11) is 0. The number of para-hydroxylation sites is 1. The van der Waals surface area contributed by atoms with Crippen LogP contribution in [0.1, 0.15) is 17.0 Å². The molecule has 1 aliphatic rings. The lowest BCUT2D eigenvalue weighted by Crippen LogP contribution is -2.14. The molecule has 110 valence electrons. The van der Waals surface area contributed by atoms with Gasteiger partial charge in [-0.25, -0.2) is 0 Å². The molecule has 1 aliphatic heterocycles. The molecule has 1 unspecified atom stereocenters. The maximum Gasteiger partial charge on any atom is 0.416 e. The van der Waals surface area contributed by atoms with Crippen molar-refractivity contribution in [2.75, 3.05) is 18.5 Å². The van der Waals surface area contributed by atoms with Gasteiger partial charge >= 0.3 is 6.18 Å². The molecule has 1 N–H and O–H groups in total. The molecule has 0 saturated carbocycles. The summed E-state index contributed by atoms with van der Waals surface area (Å²) in [6, 6.07) is 12.9. The molecule has 3 rings (SSSR count). The standard InChI is InChI=1S/C16H14F3NO/c17-16(18,19)12-5-7-13(8-6-12)20-9-11-10-21-15-4-2-1-3-14(11)15/h1-8,11,20H,9-10H2. The molecule has 5 heteroatoms. The lowest BCUT2D eigenvalue weighted by Gasteiger charge is -2.13. The highest BCUT2D eigenvalue weighted by Gasteiger charge is 2.30. The van der Waals surface area contributed by atoms with Crippen molar-refractivity contribution in [2.45, 2.75) is 12.1 Å². The van der Waals surface area contributed by atoms with Gasteiger partial charge in [0.15, 0.2) is 0 Å². The lowest BCUT2D eigenvalue weighted by atomic mass is 10.0. The Morgan fingerprint density at radius 3 is 2.48 bits per heavy atom. The summed E-state index contributed by atoms with van der Waals surface area (Å²) in [5.74, 6) is 1.10. The molecule has 0 aromatic heterocycles. The molecule has 0 fully saturated rings. The molecule has 0 aliphatic carbocycles. The molecule has 0 bridgehead atoms. The first-order valence-corrected chi connectivity index (χ1v) is 6.67. The molecule has 0 radical (unpaired) electrons. The third-order valence-corrected chi connectivity index (χ3v) is 3.56. The third kappa shape index (κ3) is 2.96. The Balaban J connectivity index is 1.64. The SMILES string of the molecule is FC(F)(F)c1ccc(NCC2COc3ccccc32)cc1. The quantitative estimate of drug-likeness (QED) is 0.911. The predicted octanol–water partition coefficient (Wildman–Crippen LogP) is 4.29. The minimum Gasteiger partial charge on any atom is -0.493 e. The van der Waals surface area contributed by atoms with E-state index in [4.69, 9.17) is 4.74 Å². The maximum atomic E-state index is 12.5. The first-order valence-electron chi connectivity index (χ1n) is 6.67. The van der Waals surface area contributed by atoms with Crippen LogP contribution in [0.5, 0.6) is 5.75 Å². The van der Waals surface area contributed by atoms with E-state index in [1.54, 1.807) is 0 Å². The zero-order valence-corrected chi connectivity index (χ0v) is 11.2. The van der Waals surface area contributed by atoms with Crippen LogP contribution in [-0.4, -0.2) is 13.2 Å². The molecule has 0 spiro atoms. The molecule has 2 aromatic rings. The average molecular weight is 293 g/mol. The van der Waals surface area contributed by atoms with Crippen LogP contribution in [0.25, 0.3) is 0 Å². The minimum absolute atomic E-state index is 0.212. The van der Waals surface area contributed by atoms with E-state index in [9.17, 15) is 13.2 Å². The van der Waals surface area contributed by atoms with E-state index in [0.717, 1.165) is 23.4 Å². The fourth-order valence-electron chi connectivity index (χ4n) is 2.42. The second-order valence-corrected chi connectivity index (χ2v) is 5.00. The molecule has 2 aromatic carbocycles. The van der Waals surface area contributed by atoms with E-state index in [1.807, 2.05) is 24.3 Å². The summed E-state index contributed by atoms with van der Waals surface area (Å²) < 4.78 is 43.0. The van der Waals surface area contributed by atoms with Crippen molar-refractivity contribution in [3.8, 4) is 5.75 Å². The van der Waals surface area contributed by atoms with E-state index >= 15 is 0 Å². The Kier molecular flexibility index (Phi) is 3.49. The number of anilines is 1. The molecule has 1 atom stereocenters. The van der Waals surface area contributed by atoms with Crippen LogP contribution < -0.4 is 10.1 Å². The zero-order valence-electron chi connectivity index (χ0n) is 11.2. The van der Waals surface area contributed by atoms with Gasteiger partial charge < -0.3 is 10.1 Å². The highest BCUT2D eigenvalue weighted by molar-refractivity contribution is 5.47. The van der Waals surface area contributed by atoms with Gasteiger partial charge in [0.05, 0.1) is 12.2 Å². The maximum absolute atomic E-state index is 12.5. The number of hydrogen-bond donors (Lipinski definition) is 1. The Morgan fingerprint density at radius 2 is 1.76 bits per heavy atom. The van der Waals surface area contributed by atoms with Gasteiger partial charge in [-0.1, -0.05) is 18.2 Å².